The molecule has 0 saturated carbocycles. The van der Waals surface area contributed by atoms with Gasteiger partial charge in [-0.15, -0.1) is 17.8 Å². The summed E-state index contributed by atoms with van der Waals surface area (Å²) in [7, 11) is -3.77. The molecule has 1 aromatic carbocycles. The molecular formula is C18H15N3O4S2. The van der Waals surface area contributed by atoms with E-state index in [-0.39, 0.29) is 23.5 Å². The molecule has 9 heteroatoms. The lowest BCUT2D eigenvalue weighted by Gasteiger charge is -2.07. The minimum absolute atomic E-state index is 0.0354. The molecule has 0 aliphatic rings. The number of benzene rings is 1. The van der Waals surface area contributed by atoms with Gasteiger partial charge in [0.1, 0.15) is 6.26 Å². The van der Waals surface area contributed by atoms with Crippen LogP contribution >= 0.6 is 11.3 Å². The largest absolute Gasteiger partial charge is 0.443 e. The van der Waals surface area contributed by atoms with E-state index in [1.807, 2.05) is 17.5 Å². The zero-order valence-electron chi connectivity index (χ0n) is 14.0. The Hall–Kier alpha value is -2.93. The summed E-state index contributed by atoms with van der Waals surface area (Å²) < 4.78 is 31.8. The molecule has 0 aliphatic heterocycles. The molecular weight excluding hydrogens is 386 g/mol. The van der Waals surface area contributed by atoms with Gasteiger partial charge in [0.25, 0.3) is 5.91 Å². The molecule has 0 bridgehead atoms. The van der Waals surface area contributed by atoms with Gasteiger partial charge >= 0.3 is 0 Å². The zero-order chi connectivity index (χ0) is 19.3. The van der Waals surface area contributed by atoms with E-state index in [1.54, 1.807) is 0 Å². The molecule has 0 aliphatic carbocycles. The number of oxazole rings is 1. The molecule has 0 unspecified atom stereocenters. The van der Waals surface area contributed by atoms with E-state index in [0.29, 0.717) is 11.6 Å². The first-order valence-electron chi connectivity index (χ1n) is 7.79. The number of aromatic nitrogens is 1. The maximum Gasteiger partial charge on any atom is 0.251 e. The summed E-state index contributed by atoms with van der Waals surface area (Å²) in [6.07, 6.45) is 6.54. The third-order valence-corrected chi connectivity index (χ3v) is 5.74. The Kier molecular flexibility index (Phi) is 5.71. The smallest absolute Gasteiger partial charge is 0.251 e. The molecule has 138 valence electrons. The third-order valence-electron chi connectivity index (χ3n) is 3.48. The first kappa shape index (κ1) is 18.8. The van der Waals surface area contributed by atoms with Gasteiger partial charge in [-0.25, -0.2) is 13.4 Å². The van der Waals surface area contributed by atoms with Crippen molar-refractivity contribution >= 4 is 27.3 Å². The number of hydrogen-bond acceptors (Lipinski definition) is 6. The van der Waals surface area contributed by atoms with Crippen molar-refractivity contribution in [2.45, 2.75) is 11.4 Å². The number of hydrogen-bond donors (Lipinski definition) is 2. The van der Waals surface area contributed by atoms with E-state index in [4.69, 9.17) is 10.8 Å². The second kappa shape index (κ2) is 8.18. The summed E-state index contributed by atoms with van der Waals surface area (Å²) in [6, 6.07) is 9.47. The van der Waals surface area contributed by atoms with Gasteiger partial charge in [0, 0.05) is 5.56 Å². The Morgan fingerprint density at radius 3 is 2.89 bits per heavy atom. The van der Waals surface area contributed by atoms with E-state index in [1.165, 1.54) is 41.9 Å². The summed E-state index contributed by atoms with van der Waals surface area (Å²) >= 11 is 1.50. The van der Waals surface area contributed by atoms with Crippen molar-refractivity contribution in [3.05, 3.63) is 59.3 Å². The summed E-state index contributed by atoms with van der Waals surface area (Å²) in [5, 5.41) is 4.61. The predicted octanol–water partition coefficient (Wildman–Crippen LogP) is 2.24. The van der Waals surface area contributed by atoms with Crippen LogP contribution in [0.15, 0.2) is 57.4 Å². The second-order valence-corrected chi connectivity index (χ2v) is 8.08. The molecule has 0 radical (unpaired) electrons. The Morgan fingerprint density at radius 2 is 2.15 bits per heavy atom. The van der Waals surface area contributed by atoms with Crippen molar-refractivity contribution < 1.29 is 17.6 Å². The van der Waals surface area contributed by atoms with Crippen molar-refractivity contribution in [2.24, 2.45) is 0 Å². The van der Waals surface area contributed by atoms with E-state index in [2.05, 4.69) is 20.9 Å². The van der Waals surface area contributed by atoms with Crippen LogP contribution in [0.1, 0.15) is 16.1 Å². The van der Waals surface area contributed by atoms with Crippen LogP contribution in [0.2, 0.25) is 0 Å². The topological polar surface area (TPSA) is 101 Å². The van der Waals surface area contributed by atoms with Crippen molar-refractivity contribution in [1.29, 1.82) is 0 Å². The molecule has 27 heavy (non-hydrogen) atoms. The molecule has 2 aromatic heterocycles. The molecule has 0 atom stereocenters. The SMILES string of the molecule is C#CCNS(=O)(=O)c1cccc(C(=O)NCc2coc(-c3cccs3)n2)c1. The third kappa shape index (κ3) is 4.62. The molecule has 3 rings (SSSR count). The van der Waals surface area contributed by atoms with Crippen molar-refractivity contribution in [3.8, 4) is 23.1 Å². The van der Waals surface area contributed by atoms with Crippen LogP contribution in [0.25, 0.3) is 10.8 Å². The molecule has 7 nitrogen and oxygen atoms in total. The average molecular weight is 401 g/mol. The number of amides is 1. The van der Waals surface area contributed by atoms with Gasteiger partial charge in [0.05, 0.1) is 28.6 Å². The van der Waals surface area contributed by atoms with Gasteiger partial charge < -0.3 is 9.73 Å². The van der Waals surface area contributed by atoms with Gasteiger partial charge in [-0.1, -0.05) is 18.1 Å². The summed E-state index contributed by atoms with van der Waals surface area (Å²) in [5.74, 6) is 2.26. The molecule has 3 aromatic rings. The second-order valence-electron chi connectivity index (χ2n) is 5.36. The molecule has 0 fully saturated rings. The molecule has 2 N–H and O–H groups in total. The van der Waals surface area contributed by atoms with Crippen LogP contribution in [0.3, 0.4) is 0 Å². The number of terminal acetylenes is 1. The predicted molar refractivity (Wildman–Crippen MR) is 101 cm³/mol. The average Bonchev–Trinajstić information content (AvgIpc) is 3.36. The fourth-order valence-corrected chi connectivity index (χ4v) is 3.83. The molecule has 0 spiro atoms. The number of sulfonamides is 1. The van der Waals surface area contributed by atoms with Crippen LogP contribution in [0.5, 0.6) is 0 Å². The molecule has 2 heterocycles. The van der Waals surface area contributed by atoms with Crippen LogP contribution in [0, 0.1) is 12.3 Å². The van der Waals surface area contributed by atoms with Gasteiger partial charge in [0.15, 0.2) is 0 Å². The van der Waals surface area contributed by atoms with Crippen LogP contribution < -0.4 is 10.0 Å². The summed E-state index contributed by atoms with van der Waals surface area (Å²) in [5.41, 5.74) is 0.770. The lowest BCUT2D eigenvalue weighted by molar-refractivity contribution is 0.0950. The van der Waals surface area contributed by atoms with E-state index >= 15 is 0 Å². The van der Waals surface area contributed by atoms with Crippen LogP contribution in [0.4, 0.5) is 0 Å². The fourth-order valence-electron chi connectivity index (χ4n) is 2.20. The van der Waals surface area contributed by atoms with Crippen LogP contribution in [-0.2, 0) is 16.6 Å². The Bertz CT molecular complexity index is 1080. The lowest BCUT2D eigenvalue weighted by Crippen LogP contribution is -2.26. The molecule has 1 amide bonds. The highest BCUT2D eigenvalue weighted by molar-refractivity contribution is 7.89. The van der Waals surface area contributed by atoms with E-state index < -0.39 is 15.9 Å². The zero-order valence-corrected chi connectivity index (χ0v) is 15.6. The first-order valence-corrected chi connectivity index (χ1v) is 10.2. The number of carbonyl (C=O) groups is 1. The summed E-state index contributed by atoms with van der Waals surface area (Å²) in [6.45, 7) is 0.0253. The number of nitrogens with one attached hydrogen (secondary N) is 2. The minimum Gasteiger partial charge on any atom is -0.443 e. The maximum absolute atomic E-state index is 12.3. The minimum atomic E-state index is -3.77. The standard InChI is InChI=1S/C18H15N3O4S2/c1-2-8-20-27(23,24)15-6-3-5-13(10-15)17(22)19-11-14-12-25-18(21-14)16-7-4-9-26-16/h1,3-7,9-10,12,20H,8,11H2,(H,19,22). The van der Waals surface area contributed by atoms with Crippen molar-refractivity contribution in [3.63, 3.8) is 0 Å². The van der Waals surface area contributed by atoms with E-state index in [0.717, 1.165) is 4.88 Å². The lowest BCUT2D eigenvalue weighted by atomic mass is 10.2. The number of thiophene rings is 1. The Balaban J connectivity index is 1.67. The van der Waals surface area contributed by atoms with Crippen LogP contribution in [-0.4, -0.2) is 25.9 Å². The highest BCUT2D eigenvalue weighted by Gasteiger charge is 2.16. The summed E-state index contributed by atoms with van der Waals surface area (Å²) in [4.78, 5) is 17.5. The highest BCUT2D eigenvalue weighted by atomic mass is 32.2. The monoisotopic (exact) mass is 401 g/mol. The number of rotatable bonds is 7. The van der Waals surface area contributed by atoms with Gasteiger partial charge in [-0.05, 0) is 29.6 Å². The number of carbonyl (C=O) groups excluding carboxylic acids is 1. The fraction of sp³-hybridized carbons (Fsp3) is 0.111. The van der Waals surface area contributed by atoms with Gasteiger partial charge in [-0.2, -0.15) is 4.72 Å². The Labute approximate surface area is 160 Å². The Morgan fingerprint density at radius 1 is 1.30 bits per heavy atom. The highest BCUT2D eigenvalue weighted by Crippen LogP contribution is 2.23. The normalized spacial score (nSPS) is 11.1. The first-order chi connectivity index (χ1) is 13.0. The maximum atomic E-state index is 12.3. The van der Waals surface area contributed by atoms with Crippen molar-refractivity contribution in [1.82, 2.24) is 15.0 Å². The van der Waals surface area contributed by atoms with Crippen molar-refractivity contribution in [2.75, 3.05) is 6.54 Å². The quantitative estimate of drug-likeness (QED) is 0.591. The van der Waals surface area contributed by atoms with Gasteiger partial charge in [0.2, 0.25) is 15.9 Å². The number of nitrogens with zero attached hydrogens (tertiary/aromatic N) is 1. The molecule has 0 saturated heterocycles. The van der Waals surface area contributed by atoms with E-state index in [9.17, 15) is 13.2 Å². The van der Waals surface area contributed by atoms with Gasteiger partial charge in [-0.3, -0.25) is 4.79 Å².